The lowest BCUT2D eigenvalue weighted by atomic mass is 10.1. The number of para-hydroxylation sites is 1. The van der Waals surface area contributed by atoms with Crippen LogP contribution in [0.1, 0.15) is 23.9 Å². The largest absolute Gasteiger partial charge is 0.418 e. The van der Waals surface area contributed by atoms with Gasteiger partial charge in [0, 0.05) is 18.0 Å². The standard InChI is InChI=1S/C20H18ClF3N4OS/c1-2-28-17(11-13-7-9-14(21)10-8-13)26-27-19(28)30-12-18(29)25-16-6-4-3-5-15(16)20(22,23)24/h3-10H,2,11-12H2,1H3,(H,25,29). The monoisotopic (exact) mass is 454 g/mol. The number of aromatic nitrogens is 3. The van der Waals surface area contributed by atoms with Gasteiger partial charge in [-0.15, -0.1) is 10.2 Å². The summed E-state index contributed by atoms with van der Waals surface area (Å²) in [6.45, 7) is 2.52. The maximum atomic E-state index is 13.1. The minimum atomic E-state index is -4.55. The van der Waals surface area contributed by atoms with Gasteiger partial charge in [0.25, 0.3) is 0 Å². The smallest absolute Gasteiger partial charge is 0.325 e. The summed E-state index contributed by atoms with van der Waals surface area (Å²) < 4.78 is 41.1. The minimum absolute atomic E-state index is 0.0920. The van der Waals surface area contributed by atoms with E-state index in [1.165, 1.54) is 18.2 Å². The summed E-state index contributed by atoms with van der Waals surface area (Å²) in [6.07, 6.45) is -4.00. The Bertz CT molecular complexity index is 1020. The van der Waals surface area contributed by atoms with Gasteiger partial charge in [-0.05, 0) is 36.8 Å². The summed E-state index contributed by atoms with van der Waals surface area (Å²) in [7, 11) is 0. The van der Waals surface area contributed by atoms with Crippen molar-refractivity contribution in [1.29, 1.82) is 0 Å². The van der Waals surface area contributed by atoms with Gasteiger partial charge in [0.05, 0.1) is 17.0 Å². The lowest BCUT2D eigenvalue weighted by Crippen LogP contribution is -2.18. The molecule has 3 aromatic rings. The van der Waals surface area contributed by atoms with Crippen LogP contribution in [0.3, 0.4) is 0 Å². The van der Waals surface area contributed by atoms with E-state index in [0.717, 1.165) is 29.2 Å². The fraction of sp³-hybridized carbons (Fsp3) is 0.250. The van der Waals surface area contributed by atoms with Crippen LogP contribution in [-0.2, 0) is 23.9 Å². The van der Waals surface area contributed by atoms with Gasteiger partial charge >= 0.3 is 6.18 Å². The zero-order valence-corrected chi connectivity index (χ0v) is 17.5. The van der Waals surface area contributed by atoms with E-state index in [1.54, 1.807) is 12.1 Å². The van der Waals surface area contributed by atoms with E-state index in [-0.39, 0.29) is 11.4 Å². The molecule has 1 N–H and O–H groups in total. The zero-order valence-electron chi connectivity index (χ0n) is 15.9. The molecule has 1 heterocycles. The van der Waals surface area contributed by atoms with E-state index in [0.29, 0.717) is 23.1 Å². The Hall–Kier alpha value is -2.52. The minimum Gasteiger partial charge on any atom is -0.325 e. The molecule has 2 aromatic carbocycles. The van der Waals surface area contributed by atoms with Crippen LogP contribution in [-0.4, -0.2) is 26.4 Å². The second kappa shape index (κ2) is 9.53. The third-order valence-corrected chi connectivity index (χ3v) is 5.44. The van der Waals surface area contributed by atoms with E-state index < -0.39 is 17.6 Å². The van der Waals surface area contributed by atoms with E-state index in [1.807, 2.05) is 23.6 Å². The van der Waals surface area contributed by atoms with E-state index in [2.05, 4.69) is 15.5 Å². The second-order valence-electron chi connectivity index (χ2n) is 6.33. The maximum Gasteiger partial charge on any atom is 0.418 e. The molecule has 158 valence electrons. The fourth-order valence-corrected chi connectivity index (χ4v) is 3.76. The first-order valence-corrected chi connectivity index (χ1v) is 10.4. The Balaban J connectivity index is 1.66. The third-order valence-electron chi connectivity index (χ3n) is 4.22. The Morgan fingerprint density at radius 2 is 1.83 bits per heavy atom. The number of thioether (sulfide) groups is 1. The van der Waals surface area contributed by atoms with E-state index >= 15 is 0 Å². The maximum absolute atomic E-state index is 13.1. The summed E-state index contributed by atoms with van der Waals surface area (Å²) in [5.74, 6) is 0.0809. The normalized spacial score (nSPS) is 11.5. The molecule has 0 bridgehead atoms. The first-order chi connectivity index (χ1) is 14.3. The van der Waals surface area contributed by atoms with E-state index in [4.69, 9.17) is 11.6 Å². The van der Waals surface area contributed by atoms with Gasteiger partial charge in [0.15, 0.2) is 5.16 Å². The van der Waals surface area contributed by atoms with Crippen LogP contribution in [0.25, 0.3) is 0 Å². The predicted octanol–water partition coefficient (Wildman–Crippen LogP) is 5.29. The van der Waals surface area contributed by atoms with Crippen LogP contribution in [0.4, 0.5) is 18.9 Å². The Kier molecular flexibility index (Phi) is 7.04. The molecule has 0 aliphatic rings. The SMILES string of the molecule is CCn1c(Cc2ccc(Cl)cc2)nnc1SCC(=O)Nc1ccccc1C(F)(F)F. The topological polar surface area (TPSA) is 59.8 Å². The number of hydrogen-bond acceptors (Lipinski definition) is 4. The molecular formula is C20H18ClF3N4OS. The Labute approximate surface area is 180 Å². The Morgan fingerprint density at radius 1 is 1.13 bits per heavy atom. The van der Waals surface area contributed by atoms with Crippen molar-refractivity contribution in [2.24, 2.45) is 0 Å². The molecule has 0 fully saturated rings. The first kappa shape index (κ1) is 22.2. The van der Waals surface area contributed by atoms with Crippen molar-refractivity contribution in [3.8, 4) is 0 Å². The molecule has 0 aliphatic heterocycles. The molecule has 3 rings (SSSR count). The van der Waals surface area contributed by atoms with Gasteiger partial charge in [-0.25, -0.2) is 0 Å². The van der Waals surface area contributed by atoms with Crippen LogP contribution in [0.5, 0.6) is 0 Å². The van der Waals surface area contributed by atoms with Crippen LogP contribution >= 0.6 is 23.4 Å². The fourth-order valence-electron chi connectivity index (χ4n) is 2.81. The highest BCUT2D eigenvalue weighted by molar-refractivity contribution is 7.99. The van der Waals surface area contributed by atoms with Gasteiger partial charge < -0.3 is 9.88 Å². The van der Waals surface area contributed by atoms with Gasteiger partial charge in [0.2, 0.25) is 5.91 Å². The molecule has 1 aromatic heterocycles. The number of rotatable bonds is 7. The van der Waals surface area contributed by atoms with Crippen LogP contribution in [0, 0.1) is 0 Å². The molecule has 1 amide bonds. The highest BCUT2D eigenvalue weighted by Gasteiger charge is 2.33. The molecular weight excluding hydrogens is 437 g/mol. The number of hydrogen-bond donors (Lipinski definition) is 1. The van der Waals surface area contributed by atoms with Gasteiger partial charge in [-0.1, -0.05) is 47.6 Å². The molecule has 0 aliphatic carbocycles. The summed E-state index contributed by atoms with van der Waals surface area (Å²) in [6, 6.07) is 12.3. The molecule has 0 radical (unpaired) electrons. The number of anilines is 1. The average Bonchev–Trinajstić information content (AvgIpc) is 3.09. The summed E-state index contributed by atoms with van der Waals surface area (Å²) >= 11 is 7.03. The van der Waals surface area contributed by atoms with Gasteiger partial charge in [0.1, 0.15) is 5.82 Å². The number of carbonyl (C=O) groups excluding carboxylic acids is 1. The molecule has 30 heavy (non-hydrogen) atoms. The lowest BCUT2D eigenvalue weighted by molar-refractivity contribution is -0.137. The molecule has 0 saturated heterocycles. The van der Waals surface area contributed by atoms with Crippen molar-refractivity contribution in [2.45, 2.75) is 31.2 Å². The molecule has 0 atom stereocenters. The van der Waals surface area contributed by atoms with Crippen molar-refractivity contribution in [3.05, 3.63) is 70.5 Å². The predicted molar refractivity (Wildman–Crippen MR) is 111 cm³/mol. The number of benzene rings is 2. The lowest BCUT2D eigenvalue weighted by Gasteiger charge is -2.13. The number of nitrogens with one attached hydrogen (secondary N) is 1. The highest BCUT2D eigenvalue weighted by Crippen LogP contribution is 2.34. The first-order valence-electron chi connectivity index (χ1n) is 9.03. The average molecular weight is 455 g/mol. The number of halogens is 4. The zero-order chi connectivity index (χ0) is 21.7. The van der Waals surface area contributed by atoms with Crippen LogP contribution in [0.15, 0.2) is 53.7 Å². The summed E-state index contributed by atoms with van der Waals surface area (Å²) in [5.41, 5.74) is -0.138. The summed E-state index contributed by atoms with van der Waals surface area (Å²) in [4.78, 5) is 12.2. The van der Waals surface area contributed by atoms with Crippen molar-refractivity contribution >= 4 is 35.0 Å². The molecule has 10 heteroatoms. The Morgan fingerprint density at radius 3 is 2.50 bits per heavy atom. The van der Waals surface area contributed by atoms with Crippen molar-refractivity contribution in [1.82, 2.24) is 14.8 Å². The molecule has 5 nitrogen and oxygen atoms in total. The summed E-state index contributed by atoms with van der Waals surface area (Å²) in [5, 5.41) is 11.8. The van der Waals surface area contributed by atoms with E-state index in [9.17, 15) is 18.0 Å². The molecule has 0 saturated carbocycles. The van der Waals surface area contributed by atoms with Gasteiger partial charge in [-0.2, -0.15) is 13.2 Å². The number of carbonyl (C=O) groups is 1. The van der Waals surface area contributed by atoms with Crippen LogP contribution < -0.4 is 5.32 Å². The van der Waals surface area contributed by atoms with Crippen molar-refractivity contribution in [2.75, 3.05) is 11.1 Å². The number of alkyl halides is 3. The van der Waals surface area contributed by atoms with Gasteiger partial charge in [-0.3, -0.25) is 4.79 Å². The molecule has 0 unspecified atom stereocenters. The molecule has 0 spiro atoms. The van der Waals surface area contributed by atoms with Crippen molar-refractivity contribution in [3.63, 3.8) is 0 Å². The third kappa shape index (κ3) is 5.54. The number of nitrogens with zero attached hydrogens (tertiary/aromatic N) is 3. The number of amides is 1. The van der Waals surface area contributed by atoms with Crippen molar-refractivity contribution < 1.29 is 18.0 Å². The quantitative estimate of drug-likeness (QED) is 0.493. The van der Waals surface area contributed by atoms with Crippen LogP contribution in [0.2, 0.25) is 5.02 Å². The highest BCUT2D eigenvalue weighted by atomic mass is 35.5. The second-order valence-corrected chi connectivity index (χ2v) is 7.71.